The van der Waals surface area contributed by atoms with Crippen molar-refractivity contribution in [3.63, 3.8) is 0 Å². The number of esters is 1. The normalized spacial score (nSPS) is 16.0. The number of imide groups is 1. The zero-order chi connectivity index (χ0) is 18.0. The van der Waals surface area contributed by atoms with Gasteiger partial charge in [0, 0.05) is 0 Å². The Kier molecular flexibility index (Phi) is 5.02. The summed E-state index contributed by atoms with van der Waals surface area (Å²) in [6, 6.07) is 4.52. The lowest BCUT2D eigenvalue weighted by Crippen LogP contribution is -2.53. The SMILES string of the molecule is COC(=O)C(NC(=O)C(C)N1C(=O)c2ccccc2C1=O)C(C)C. The molecule has 7 nitrogen and oxygen atoms in total. The summed E-state index contributed by atoms with van der Waals surface area (Å²) < 4.78 is 4.67. The summed E-state index contributed by atoms with van der Waals surface area (Å²) in [5.74, 6) is -2.40. The van der Waals surface area contributed by atoms with E-state index >= 15 is 0 Å². The van der Waals surface area contributed by atoms with Crippen LogP contribution >= 0.6 is 0 Å². The first-order valence-electron chi connectivity index (χ1n) is 7.64. The van der Waals surface area contributed by atoms with Crippen molar-refractivity contribution in [3.05, 3.63) is 35.4 Å². The molecule has 1 aliphatic heterocycles. The van der Waals surface area contributed by atoms with Gasteiger partial charge in [-0.3, -0.25) is 19.3 Å². The molecule has 1 aromatic carbocycles. The molecule has 1 aliphatic rings. The number of methoxy groups -OCH3 is 1. The minimum absolute atomic E-state index is 0.198. The molecule has 0 saturated carbocycles. The predicted octanol–water partition coefficient (Wildman–Crippen LogP) is 0.985. The van der Waals surface area contributed by atoms with Crippen molar-refractivity contribution in [3.8, 4) is 0 Å². The van der Waals surface area contributed by atoms with Gasteiger partial charge in [-0.2, -0.15) is 0 Å². The van der Waals surface area contributed by atoms with E-state index in [1.54, 1.807) is 38.1 Å². The number of carbonyl (C=O) groups excluding carboxylic acids is 4. The summed E-state index contributed by atoms with van der Waals surface area (Å²) >= 11 is 0. The summed E-state index contributed by atoms with van der Waals surface area (Å²) in [6.07, 6.45) is 0. The van der Waals surface area contributed by atoms with Gasteiger partial charge >= 0.3 is 5.97 Å². The molecule has 7 heteroatoms. The van der Waals surface area contributed by atoms with Gasteiger partial charge in [0.25, 0.3) is 11.8 Å². The topological polar surface area (TPSA) is 92.8 Å². The summed E-state index contributed by atoms with van der Waals surface area (Å²) in [5.41, 5.74) is 0.547. The second-order valence-corrected chi connectivity index (χ2v) is 5.96. The Labute approximate surface area is 140 Å². The van der Waals surface area contributed by atoms with Crippen LogP contribution in [0.4, 0.5) is 0 Å². The van der Waals surface area contributed by atoms with E-state index in [1.165, 1.54) is 14.0 Å². The van der Waals surface area contributed by atoms with E-state index in [1.807, 2.05) is 0 Å². The van der Waals surface area contributed by atoms with Crippen molar-refractivity contribution in [2.45, 2.75) is 32.9 Å². The molecule has 3 amide bonds. The van der Waals surface area contributed by atoms with Crippen LogP contribution < -0.4 is 5.32 Å². The zero-order valence-corrected chi connectivity index (χ0v) is 14.0. The molecule has 0 radical (unpaired) electrons. The molecule has 1 N–H and O–H groups in total. The van der Waals surface area contributed by atoms with Crippen LogP contribution in [0.2, 0.25) is 0 Å². The van der Waals surface area contributed by atoms with Crippen LogP contribution in [0.25, 0.3) is 0 Å². The third-order valence-electron chi connectivity index (χ3n) is 4.01. The fourth-order valence-corrected chi connectivity index (χ4v) is 2.58. The maximum absolute atomic E-state index is 12.4. The molecule has 1 aromatic rings. The predicted molar refractivity (Wildman–Crippen MR) is 85.2 cm³/mol. The summed E-state index contributed by atoms with van der Waals surface area (Å²) in [7, 11) is 1.23. The first-order valence-corrected chi connectivity index (χ1v) is 7.64. The van der Waals surface area contributed by atoms with E-state index in [9.17, 15) is 19.2 Å². The molecule has 0 fully saturated rings. The first-order chi connectivity index (χ1) is 11.3. The van der Waals surface area contributed by atoms with Gasteiger partial charge in [-0.05, 0) is 25.0 Å². The quantitative estimate of drug-likeness (QED) is 0.641. The minimum atomic E-state index is -1.04. The monoisotopic (exact) mass is 332 g/mol. The highest BCUT2D eigenvalue weighted by molar-refractivity contribution is 6.22. The lowest BCUT2D eigenvalue weighted by Gasteiger charge is -2.25. The summed E-state index contributed by atoms with van der Waals surface area (Å²) in [5, 5.41) is 2.55. The molecule has 2 rings (SSSR count). The fourth-order valence-electron chi connectivity index (χ4n) is 2.58. The number of rotatable bonds is 5. The molecule has 0 bridgehead atoms. The van der Waals surface area contributed by atoms with E-state index < -0.39 is 35.8 Å². The van der Waals surface area contributed by atoms with Crippen LogP contribution in [0.15, 0.2) is 24.3 Å². The molecule has 0 saturated heterocycles. The number of hydrogen-bond acceptors (Lipinski definition) is 5. The van der Waals surface area contributed by atoms with Crippen molar-refractivity contribution < 1.29 is 23.9 Å². The minimum Gasteiger partial charge on any atom is -0.467 e. The molecule has 0 aromatic heterocycles. The van der Waals surface area contributed by atoms with Crippen LogP contribution in [0.1, 0.15) is 41.5 Å². The highest BCUT2D eigenvalue weighted by Crippen LogP contribution is 2.24. The van der Waals surface area contributed by atoms with Gasteiger partial charge in [-0.25, -0.2) is 4.79 Å². The molecule has 0 spiro atoms. The molecule has 128 valence electrons. The van der Waals surface area contributed by atoms with Gasteiger partial charge < -0.3 is 10.1 Å². The van der Waals surface area contributed by atoms with E-state index in [0.717, 1.165) is 4.90 Å². The second-order valence-electron chi connectivity index (χ2n) is 5.96. The van der Waals surface area contributed by atoms with E-state index in [0.29, 0.717) is 0 Å². The van der Waals surface area contributed by atoms with Crippen LogP contribution in [-0.2, 0) is 14.3 Å². The van der Waals surface area contributed by atoms with Crippen molar-refractivity contribution in [2.24, 2.45) is 5.92 Å². The Bertz CT molecular complexity index is 663. The number of amides is 3. The van der Waals surface area contributed by atoms with Crippen molar-refractivity contribution in [2.75, 3.05) is 7.11 Å². The molecular formula is C17H20N2O5. The first kappa shape index (κ1) is 17.7. The fraction of sp³-hybridized carbons (Fsp3) is 0.412. The van der Waals surface area contributed by atoms with Gasteiger partial charge in [0.2, 0.25) is 5.91 Å². The Hall–Kier alpha value is -2.70. The second kappa shape index (κ2) is 6.82. The zero-order valence-electron chi connectivity index (χ0n) is 14.0. The van der Waals surface area contributed by atoms with Gasteiger partial charge in [-0.15, -0.1) is 0 Å². The van der Waals surface area contributed by atoms with Crippen molar-refractivity contribution >= 4 is 23.7 Å². The Morgan fingerprint density at radius 2 is 1.54 bits per heavy atom. The van der Waals surface area contributed by atoms with Crippen molar-refractivity contribution in [1.29, 1.82) is 0 Å². The number of hydrogen-bond donors (Lipinski definition) is 1. The van der Waals surface area contributed by atoms with Gasteiger partial charge in [0.15, 0.2) is 0 Å². The van der Waals surface area contributed by atoms with Gasteiger partial charge in [-0.1, -0.05) is 26.0 Å². The smallest absolute Gasteiger partial charge is 0.328 e. The number of nitrogens with zero attached hydrogens (tertiary/aromatic N) is 1. The molecule has 24 heavy (non-hydrogen) atoms. The Balaban J connectivity index is 2.19. The third-order valence-corrected chi connectivity index (χ3v) is 4.01. The molecule has 0 aliphatic carbocycles. The van der Waals surface area contributed by atoms with E-state index in [2.05, 4.69) is 10.1 Å². The largest absolute Gasteiger partial charge is 0.467 e. The average Bonchev–Trinajstić information content (AvgIpc) is 2.82. The molecule has 2 atom stereocenters. The standard InChI is InChI=1S/C17H20N2O5/c1-9(2)13(17(23)24-4)18-14(20)10(3)19-15(21)11-7-5-6-8-12(11)16(19)22/h5-10,13H,1-4H3,(H,18,20). The summed E-state index contributed by atoms with van der Waals surface area (Å²) in [4.78, 5) is 49.9. The number of carbonyl (C=O) groups is 4. The van der Waals surface area contributed by atoms with Crippen LogP contribution in [-0.4, -0.2) is 47.8 Å². The van der Waals surface area contributed by atoms with Crippen molar-refractivity contribution in [1.82, 2.24) is 10.2 Å². The highest BCUT2D eigenvalue weighted by Gasteiger charge is 2.41. The van der Waals surface area contributed by atoms with E-state index in [-0.39, 0.29) is 17.0 Å². The third kappa shape index (κ3) is 3.02. The Morgan fingerprint density at radius 3 is 1.96 bits per heavy atom. The molecule has 1 heterocycles. The molecular weight excluding hydrogens is 312 g/mol. The lowest BCUT2D eigenvalue weighted by molar-refractivity contribution is -0.146. The average molecular weight is 332 g/mol. The number of fused-ring (bicyclic) bond motifs is 1. The number of ether oxygens (including phenoxy) is 1. The van der Waals surface area contributed by atoms with Crippen LogP contribution in [0, 0.1) is 5.92 Å². The summed E-state index contributed by atoms with van der Waals surface area (Å²) in [6.45, 7) is 4.97. The molecule has 2 unspecified atom stereocenters. The van der Waals surface area contributed by atoms with E-state index in [4.69, 9.17) is 0 Å². The maximum Gasteiger partial charge on any atom is 0.328 e. The number of nitrogens with one attached hydrogen (secondary N) is 1. The van der Waals surface area contributed by atoms with Crippen LogP contribution in [0.3, 0.4) is 0 Å². The lowest BCUT2D eigenvalue weighted by atomic mass is 10.0. The van der Waals surface area contributed by atoms with Crippen LogP contribution in [0.5, 0.6) is 0 Å². The van der Waals surface area contributed by atoms with Gasteiger partial charge in [0.1, 0.15) is 12.1 Å². The number of benzene rings is 1. The Morgan fingerprint density at radius 1 is 1.04 bits per heavy atom. The highest BCUT2D eigenvalue weighted by atomic mass is 16.5. The maximum atomic E-state index is 12.4. The van der Waals surface area contributed by atoms with Gasteiger partial charge in [0.05, 0.1) is 18.2 Å².